The number of nitriles is 1. The number of nitrogens with two attached hydrogens (primary N) is 1. The van der Waals surface area contributed by atoms with Gasteiger partial charge in [0.05, 0.1) is 5.02 Å². The fourth-order valence-corrected chi connectivity index (χ4v) is 1.81. The molecule has 17 heavy (non-hydrogen) atoms. The SMILES string of the molecule is N#Cc1cc(N)nc(-c2ccc(Cl)cc2Cl)n1. The highest BCUT2D eigenvalue weighted by atomic mass is 35.5. The van der Waals surface area contributed by atoms with Crippen LogP contribution in [-0.2, 0) is 0 Å². The number of anilines is 1. The molecule has 0 fully saturated rings. The van der Waals surface area contributed by atoms with Crippen LogP contribution in [0.25, 0.3) is 11.4 Å². The number of rotatable bonds is 1. The standard InChI is InChI=1S/C11H6Cl2N4/c12-6-1-2-8(9(13)3-6)11-16-7(5-14)4-10(15)17-11/h1-4H,(H2,15,16,17). The van der Waals surface area contributed by atoms with Gasteiger partial charge in [-0.3, -0.25) is 0 Å². The van der Waals surface area contributed by atoms with Crippen LogP contribution in [0.5, 0.6) is 0 Å². The largest absolute Gasteiger partial charge is 0.384 e. The van der Waals surface area contributed by atoms with Gasteiger partial charge >= 0.3 is 0 Å². The minimum absolute atomic E-state index is 0.193. The minimum Gasteiger partial charge on any atom is -0.384 e. The summed E-state index contributed by atoms with van der Waals surface area (Å²) in [6, 6.07) is 8.23. The summed E-state index contributed by atoms with van der Waals surface area (Å²) < 4.78 is 0. The first-order chi connectivity index (χ1) is 8.10. The molecule has 0 spiro atoms. The predicted octanol–water partition coefficient (Wildman–Crippen LogP) is 2.90. The van der Waals surface area contributed by atoms with Gasteiger partial charge < -0.3 is 5.73 Å². The molecular formula is C11H6Cl2N4. The second-order valence-electron chi connectivity index (χ2n) is 3.24. The molecule has 0 aliphatic heterocycles. The third-order valence-corrected chi connectivity index (χ3v) is 2.58. The van der Waals surface area contributed by atoms with Gasteiger partial charge in [-0.1, -0.05) is 23.2 Å². The summed E-state index contributed by atoms with van der Waals surface area (Å²) >= 11 is 11.8. The smallest absolute Gasteiger partial charge is 0.164 e. The van der Waals surface area contributed by atoms with E-state index in [4.69, 9.17) is 34.2 Å². The van der Waals surface area contributed by atoms with E-state index in [1.54, 1.807) is 18.2 Å². The Morgan fingerprint density at radius 3 is 2.59 bits per heavy atom. The average Bonchev–Trinajstić information content (AvgIpc) is 2.28. The highest BCUT2D eigenvalue weighted by Gasteiger charge is 2.09. The maximum absolute atomic E-state index is 8.80. The van der Waals surface area contributed by atoms with Crippen molar-refractivity contribution >= 4 is 29.0 Å². The highest BCUT2D eigenvalue weighted by Crippen LogP contribution is 2.28. The highest BCUT2D eigenvalue weighted by molar-refractivity contribution is 6.36. The molecule has 2 aromatic rings. The minimum atomic E-state index is 0.193. The first kappa shape index (κ1) is 11.6. The lowest BCUT2D eigenvalue weighted by atomic mass is 10.2. The zero-order valence-corrected chi connectivity index (χ0v) is 10.00. The molecule has 4 nitrogen and oxygen atoms in total. The number of hydrogen-bond donors (Lipinski definition) is 1. The number of benzene rings is 1. The average molecular weight is 265 g/mol. The van der Waals surface area contributed by atoms with Crippen molar-refractivity contribution in [1.82, 2.24) is 9.97 Å². The number of hydrogen-bond acceptors (Lipinski definition) is 4. The Labute approximate surface area is 108 Å². The van der Waals surface area contributed by atoms with Crippen molar-refractivity contribution in [2.24, 2.45) is 0 Å². The number of aromatic nitrogens is 2. The Balaban J connectivity index is 2.61. The monoisotopic (exact) mass is 264 g/mol. The van der Waals surface area contributed by atoms with Crippen LogP contribution >= 0.6 is 23.2 Å². The van der Waals surface area contributed by atoms with E-state index in [-0.39, 0.29) is 11.5 Å². The van der Waals surface area contributed by atoms with Gasteiger partial charge in [0.2, 0.25) is 0 Å². The van der Waals surface area contributed by atoms with E-state index in [1.165, 1.54) is 6.07 Å². The maximum atomic E-state index is 8.80. The van der Waals surface area contributed by atoms with E-state index in [0.717, 1.165) is 0 Å². The predicted molar refractivity (Wildman–Crippen MR) is 66.6 cm³/mol. The Bertz CT molecular complexity index is 619. The Kier molecular flexibility index (Phi) is 3.14. The van der Waals surface area contributed by atoms with Crippen molar-refractivity contribution in [2.45, 2.75) is 0 Å². The summed E-state index contributed by atoms with van der Waals surface area (Å²) in [5, 5.41) is 9.72. The first-order valence-electron chi connectivity index (χ1n) is 4.60. The Hall–Kier alpha value is -1.83. The van der Waals surface area contributed by atoms with Crippen LogP contribution in [0.3, 0.4) is 0 Å². The van der Waals surface area contributed by atoms with Crippen molar-refractivity contribution in [3.05, 3.63) is 40.0 Å². The lowest BCUT2D eigenvalue weighted by Gasteiger charge is -2.04. The summed E-state index contributed by atoms with van der Waals surface area (Å²) in [6.07, 6.45) is 0. The molecule has 1 heterocycles. The molecule has 0 aliphatic rings. The van der Waals surface area contributed by atoms with E-state index in [9.17, 15) is 0 Å². The molecule has 1 aromatic carbocycles. The summed E-state index contributed by atoms with van der Waals surface area (Å²) in [5.74, 6) is 0.529. The summed E-state index contributed by atoms with van der Waals surface area (Å²) in [6.45, 7) is 0. The van der Waals surface area contributed by atoms with Gasteiger partial charge in [-0.15, -0.1) is 0 Å². The van der Waals surface area contributed by atoms with E-state index in [1.807, 2.05) is 6.07 Å². The van der Waals surface area contributed by atoms with E-state index >= 15 is 0 Å². The van der Waals surface area contributed by atoms with Gasteiger partial charge in [-0.05, 0) is 18.2 Å². The normalized spacial score (nSPS) is 9.94. The second-order valence-corrected chi connectivity index (χ2v) is 4.08. The third-order valence-electron chi connectivity index (χ3n) is 2.03. The Morgan fingerprint density at radius 1 is 1.18 bits per heavy atom. The summed E-state index contributed by atoms with van der Waals surface area (Å²) in [4.78, 5) is 8.06. The number of halogens is 2. The zero-order valence-electron chi connectivity index (χ0n) is 8.48. The zero-order chi connectivity index (χ0) is 12.4. The molecular weight excluding hydrogens is 259 g/mol. The van der Waals surface area contributed by atoms with E-state index < -0.39 is 0 Å². The second kappa shape index (κ2) is 4.58. The lowest BCUT2D eigenvalue weighted by molar-refractivity contribution is 1.16. The van der Waals surface area contributed by atoms with Crippen LogP contribution in [0.4, 0.5) is 5.82 Å². The molecule has 0 bridgehead atoms. The topological polar surface area (TPSA) is 75.6 Å². The molecule has 2 rings (SSSR count). The van der Waals surface area contributed by atoms with Crippen molar-refractivity contribution in [2.75, 3.05) is 5.73 Å². The van der Waals surface area contributed by atoms with Crippen molar-refractivity contribution in [3.8, 4) is 17.5 Å². The molecule has 0 atom stereocenters. The van der Waals surface area contributed by atoms with Crippen molar-refractivity contribution in [1.29, 1.82) is 5.26 Å². The summed E-state index contributed by atoms with van der Waals surface area (Å²) in [5.41, 5.74) is 6.36. The number of nitrogen functional groups attached to an aromatic ring is 1. The molecule has 0 radical (unpaired) electrons. The van der Waals surface area contributed by atoms with Crippen LogP contribution in [0, 0.1) is 11.3 Å². The molecule has 1 aromatic heterocycles. The van der Waals surface area contributed by atoms with Crippen LogP contribution in [0.1, 0.15) is 5.69 Å². The van der Waals surface area contributed by atoms with Crippen LogP contribution in [-0.4, -0.2) is 9.97 Å². The van der Waals surface area contributed by atoms with Gasteiger partial charge in [-0.2, -0.15) is 5.26 Å². The summed E-state index contributed by atoms with van der Waals surface area (Å²) in [7, 11) is 0. The fraction of sp³-hybridized carbons (Fsp3) is 0. The third kappa shape index (κ3) is 2.47. The van der Waals surface area contributed by atoms with Crippen LogP contribution in [0.2, 0.25) is 10.0 Å². The number of nitrogens with zero attached hydrogens (tertiary/aromatic N) is 3. The van der Waals surface area contributed by atoms with Crippen LogP contribution < -0.4 is 5.73 Å². The van der Waals surface area contributed by atoms with Crippen molar-refractivity contribution < 1.29 is 0 Å². The molecule has 0 saturated carbocycles. The van der Waals surface area contributed by atoms with Gasteiger partial charge in [0.25, 0.3) is 0 Å². The van der Waals surface area contributed by atoms with E-state index in [2.05, 4.69) is 9.97 Å². The van der Waals surface area contributed by atoms with Gasteiger partial charge in [0, 0.05) is 16.7 Å². The molecule has 0 unspecified atom stereocenters. The molecule has 0 saturated heterocycles. The fourth-order valence-electron chi connectivity index (χ4n) is 1.31. The first-order valence-corrected chi connectivity index (χ1v) is 5.36. The quantitative estimate of drug-likeness (QED) is 0.860. The molecule has 6 heteroatoms. The van der Waals surface area contributed by atoms with Gasteiger partial charge in [0.1, 0.15) is 17.6 Å². The molecule has 0 aliphatic carbocycles. The van der Waals surface area contributed by atoms with E-state index in [0.29, 0.717) is 21.4 Å². The lowest BCUT2D eigenvalue weighted by Crippen LogP contribution is -1.98. The van der Waals surface area contributed by atoms with Gasteiger partial charge in [-0.25, -0.2) is 9.97 Å². The molecule has 0 amide bonds. The molecule has 84 valence electrons. The maximum Gasteiger partial charge on any atom is 0.164 e. The molecule has 2 N–H and O–H groups in total. The van der Waals surface area contributed by atoms with Crippen LogP contribution in [0.15, 0.2) is 24.3 Å². The Morgan fingerprint density at radius 2 is 1.94 bits per heavy atom. The van der Waals surface area contributed by atoms with Gasteiger partial charge in [0.15, 0.2) is 5.82 Å². The van der Waals surface area contributed by atoms with Crippen molar-refractivity contribution in [3.63, 3.8) is 0 Å².